The molecule has 3 rings (SSSR count). The summed E-state index contributed by atoms with van der Waals surface area (Å²) in [6.45, 7) is 11.0. The van der Waals surface area contributed by atoms with Crippen molar-refractivity contribution >= 4 is 22.8 Å². The average molecular weight is 357 g/mol. The van der Waals surface area contributed by atoms with Crippen molar-refractivity contribution in [3.05, 3.63) is 23.1 Å². The number of carbonyl (C=O) groups excluding carboxylic acids is 1. The molecule has 0 spiro atoms. The Kier molecular flexibility index (Phi) is 5.66. The van der Waals surface area contributed by atoms with Crippen LogP contribution in [0.4, 0.5) is 5.82 Å². The highest BCUT2D eigenvalue weighted by atomic mass is 16.5. The van der Waals surface area contributed by atoms with E-state index in [1.165, 1.54) is 0 Å². The van der Waals surface area contributed by atoms with Crippen molar-refractivity contribution < 1.29 is 9.53 Å². The maximum absolute atomic E-state index is 12.6. The standard InChI is InChI=1S/C19H27N5O2/c1-5-24(6-2)18-15-12(3)10-13(4)21-16(15)22-17(23-18)19(25)20-11-14-8-7-9-26-14/h10,14H,5-9,11H2,1-4H3,(H,20,25)/t14-/m0/s1. The Balaban J connectivity index is 1.98. The number of aryl methyl sites for hydroxylation is 2. The second-order valence-corrected chi connectivity index (χ2v) is 6.67. The molecule has 1 aliphatic rings. The molecular formula is C19H27N5O2. The molecule has 1 fully saturated rings. The molecule has 2 aromatic heterocycles. The van der Waals surface area contributed by atoms with Crippen LogP contribution in [0.15, 0.2) is 6.07 Å². The first-order valence-electron chi connectivity index (χ1n) is 9.34. The molecule has 0 unspecified atom stereocenters. The van der Waals surface area contributed by atoms with Gasteiger partial charge in [-0.25, -0.2) is 15.0 Å². The fourth-order valence-corrected chi connectivity index (χ4v) is 3.40. The number of aromatic nitrogens is 3. The van der Waals surface area contributed by atoms with E-state index in [2.05, 4.69) is 39.0 Å². The molecule has 2 aromatic rings. The summed E-state index contributed by atoms with van der Waals surface area (Å²) in [4.78, 5) is 28.4. The fraction of sp³-hybridized carbons (Fsp3) is 0.579. The number of nitrogens with one attached hydrogen (secondary N) is 1. The van der Waals surface area contributed by atoms with Crippen LogP contribution in [-0.4, -0.2) is 53.2 Å². The molecule has 0 saturated carbocycles. The minimum atomic E-state index is -0.281. The summed E-state index contributed by atoms with van der Waals surface area (Å²) in [5.41, 5.74) is 2.52. The summed E-state index contributed by atoms with van der Waals surface area (Å²) in [6, 6.07) is 2.02. The zero-order valence-corrected chi connectivity index (χ0v) is 16.0. The molecule has 1 N–H and O–H groups in total. The van der Waals surface area contributed by atoms with Crippen LogP contribution in [0.3, 0.4) is 0 Å². The maximum atomic E-state index is 12.6. The molecule has 7 heteroatoms. The van der Waals surface area contributed by atoms with Gasteiger partial charge in [0, 0.05) is 31.9 Å². The van der Waals surface area contributed by atoms with E-state index in [0.29, 0.717) is 12.2 Å². The smallest absolute Gasteiger partial charge is 0.289 e. The first-order chi connectivity index (χ1) is 12.5. The van der Waals surface area contributed by atoms with Gasteiger partial charge in [0.25, 0.3) is 5.91 Å². The Morgan fingerprint density at radius 1 is 1.27 bits per heavy atom. The molecule has 0 radical (unpaired) electrons. The van der Waals surface area contributed by atoms with Crippen molar-refractivity contribution in [2.45, 2.75) is 46.6 Å². The molecule has 0 aromatic carbocycles. The highest BCUT2D eigenvalue weighted by Gasteiger charge is 2.21. The number of rotatable bonds is 6. The van der Waals surface area contributed by atoms with Crippen molar-refractivity contribution in [2.75, 3.05) is 31.1 Å². The molecule has 1 atom stereocenters. The molecule has 1 amide bonds. The molecule has 1 aliphatic heterocycles. The Bertz CT molecular complexity index is 798. The lowest BCUT2D eigenvalue weighted by Crippen LogP contribution is -2.33. The lowest BCUT2D eigenvalue weighted by molar-refractivity contribution is 0.0849. The van der Waals surface area contributed by atoms with Gasteiger partial charge in [-0.15, -0.1) is 0 Å². The number of hydrogen-bond donors (Lipinski definition) is 1. The van der Waals surface area contributed by atoms with E-state index in [1.54, 1.807) is 0 Å². The monoisotopic (exact) mass is 357 g/mol. The van der Waals surface area contributed by atoms with Gasteiger partial charge in [0.15, 0.2) is 5.65 Å². The van der Waals surface area contributed by atoms with Gasteiger partial charge in [-0.05, 0) is 52.2 Å². The summed E-state index contributed by atoms with van der Waals surface area (Å²) in [7, 11) is 0. The Labute approximate surface area is 154 Å². The van der Waals surface area contributed by atoms with E-state index < -0.39 is 0 Å². The number of carbonyl (C=O) groups is 1. The van der Waals surface area contributed by atoms with Crippen molar-refractivity contribution in [3.8, 4) is 0 Å². The van der Waals surface area contributed by atoms with Crippen molar-refractivity contribution in [2.24, 2.45) is 0 Å². The topological polar surface area (TPSA) is 80.2 Å². The number of ether oxygens (including phenoxy) is 1. The van der Waals surface area contributed by atoms with Crippen LogP contribution in [0.2, 0.25) is 0 Å². The van der Waals surface area contributed by atoms with Gasteiger partial charge in [0.1, 0.15) is 5.82 Å². The molecule has 0 bridgehead atoms. The zero-order valence-electron chi connectivity index (χ0n) is 16.0. The summed E-state index contributed by atoms with van der Waals surface area (Å²) in [5, 5.41) is 3.81. The molecule has 140 valence electrons. The number of hydrogen-bond acceptors (Lipinski definition) is 6. The van der Waals surface area contributed by atoms with Crippen LogP contribution in [0, 0.1) is 13.8 Å². The molecular weight excluding hydrogens is 330 g/mol. The number of anilines is 1. The van der Waals surface area contributed by atoms with Gasteiger partial charge in [0.2, 0.25) is 5.82 Å². The van der Waals surface area contributed by atoms with Crippen LogP contribution < -0.4 is 10.2 Å². The third-order valence-corrected chi connectivity index (χ3v) is 4.75. The SMILES string of the molecule is CCN(CC)c1nc(C(=O)NC[C@@H]2CCCO2)nc2nc(C)cc(C)c12. The Morgan fingerprint density at radius 2 is 2.04 bits per heavy atom. The van der Waals surface area contributed by atoms with Crippen LogP contribution in [0.1, 0.15) is 48.6 Å². The van der Waals surface area contributed by atoms with Crippen molar-refractivity contribution in [3.63, 3.8) is 0 Å². The second-order valence-electron chi connectivity index (χ2n) is 6.67. The Hall–Kier alpha value is -2.28. The third-order valence-electron chi connectivity index (χ3n) is 4.75. The molecule has 1 saturated heterocycles. The predicted octanol–water partition coefficient (Wildman–Crippen LogP) is 2.40. The predicted molar refractivity (Wildman–Crippen MR) is 102 cm³/mol. The first-order valence-corrected chi connectivity index (χ1v) is 9.34. The summed E-state index contributed by atoms with van der Waals surface area (Å²) in [5.74, 6) is 0.652. The zero-order chi connectivity index (χ0) is 18.7. The van der Waals surface area contributed by atoms with Gasteiger partial charge < -0.3 is 15.0 Å². The second kappa shape index (κ2) is 7.95. The van der Waals surface area contributed by atoms with E-state index >= 15 is 0 Å². The van der Waals surface area contributed by atoms with Gasteiger partial charge in [-0.1, -0.05) is 0 Å². The van der Waals surface area contributed by atoms with Gasteiger partial charge in [0.05, 0.1) is 11.5 Å². The average Bonchev–Trinajstić information content (AvgIpc) is 3.13. The Morgan fingerprint density at radius 3 is 2.69 bits per heavy atom. The van der Waals surface area contributed by atoms with E-state index in [4.69, 9.17) is 4.74 Å². The lowest BCUT2D eigenvalue weighted by atomic mass is 10.1. The lowest BCUT2D eigenvalue weighted by Gasteiger charge is -2.22. The molecule has 26 heavy (non-hydrogen) atoms. The quantitative estimate of drug-likeness (QED) is 0.855. The fourth-order valence-electron chi connectivity index (χ4n) is 3.40. The molecule has 0 aliphatic carbocycles. The van der Waals surface area contributed by atoms with Crippen molar-refractivity contribution in [1.82, 2.24) is 20.3 Å². The van der Waals surface area contributed by atoms with Crippen LogP contribution >= 0.6 is 0 Å². The van der Waals surface area contributed by atoms with E-state index in [1.807, 2.05) is 19.9 Å². The summed E-state index contributed by atoms with van der Waals surface area (Å²) >= 11 is 0. The highest BCUT2D eigenvalue weighted by Crippen LogP contribution is 2.26. The number of nitrogens with zero attached hydrogens (tertiary/aromatic N) is 4. The largest absolute Gasteiger partial charge is 0.376 e. The number of amides is 1. The highest BCUT2D eigenvalue weighted by molar-refractivity contribution is 5.96. The van der Waals surface area contributed by atoms with Gasteiger partial charge in [-0.2, -0.15) is 0 Å². The minimum absolute atomic E-state index is 0.0873. The van der Waals surface area contributed by atoms with Crippen LogP contribution in [0.25, 0.3) is 11.0 Å². The summed E-state index contributed by atoms with van der Waals surface area (Å²) < 4.78 is 5.56. The maximum Gasteiger partial charge on any atom is 0.289 e. The number of fused-ring (bicyclic) bond motifs is 1. The van der Waals surface area contributed by atoms with E-state index in [0.717, 1.165) is 55.0 Å². The van der Waals surface area contributed by atoms with E-state index in [9.17, 15) is 4.79 Å². The third kappa shape index (κ3) is 3.77. The first kappa shape index (κ1) is 18.5. The van der Waals surface area contributed by atoms with Crippen LogP contribution in [-0.2, 0) is 4.74 Å². The number of pyridine rings is 1. The van der Waals surface area contributed by atoms with E-state index in [-0.39, 0.29) is 17.8 Å². The molecule has 7 nitrogen and oxygen atoms in total. The summed E-state index contributed by atoms with van der Waals surface area (Å²) in [6.07, 6.45) is 2.11. The molecule has 3 heterocycles. The van der Waals surface area contributed by atoms with Gasteiger partial charge >= 0.3 is 0 Å². The van der Waals surface area contributed by atoms with Crippen LogP contribution in [0.5, 0.6) is 0 Å². The minimum Gasteiger partial charge on any atom is -0.376 e. The van der Waals surface area contributed by atoms with Crippen molar-refractivity contribution in [1.29, 1.82) is 0 Å². The normalized spacial score (nSPS) is 16.8. The van der Waals surface area contributed by atoms with Gasteiger partial charge in [-0.3, -0.25) is 4.79 Å².